The van der Waals surface area contributed by atoms with Gasteiger partial charge in [-0.15, -0.1) is 0 Å². The van der Waals surface area contributed by atoms with Gasteiger partial charge in [-0.2, -0.15) is 0 Å². The zero-order chi connectivity index (χ0) is 75.2. The van der Waals surface area contributed by atoms with Crippen LogP contribution in [0.15, 0.2) is 400 Å². The fourth-order valence-electron chi connectivity index (χ4n) is 12.7. The van der Waals surface area contributed by atoms with Crippen molar-refractivity contribution >= 4 is 157 Å². The van der Waals surface area contributed by atoms with Crippen LogP contribution >= 0.6 is 61.6 Å². The van der Waals surface area contributed by atoms with Gasteiger partial charge in [0.05, 0.1) is 52.9 Å². The molecular formula is C84H70AuCuF12O2P8+4. The predicted octanol–water partition coefficient (Wildman–Crippen LogP) is 19.4. The summed E-state index contributed by atoms with van der Waals surface area (Å²) in [4.78, 5) is 0. The summed E-state index contributed by atoms with van der Waals surface area (Å²) < 4.78 is 152. The second-order valence-electron chi connectivity index (χ2n) is 24.3. The molecule has 14 aromatic rings. The van der Waals surface area contributed by atoms with Crippen molar-refractivity contribution in [2.45, 2.75) is 0 Å². The first kappa shape index (κ1) is 84.6. The minimum Gasteiger partial charge on any atom is -0.308 e. The molecule has 0 N–H and O–H groups in total. The van der Waals surface area contributed by atoms with Gasteiger partial charge in [-0.1, -0.05) is 255 Å². The molecule has 0 unspecified atom stereocenters. The van der Waals surface area contributed by atoms with Crippen LogP contribution in [0.5, 0.6) is 0 Å². The Morgan fingerprint density at radius 3 is 0.435 bits per heavy atom. The van der Waals surface area contributed by atoms with Gasteiger partial charge < -0.3 is 9.13 Å². The minimum atomic E-state index is -10.7. The molecule has 0 aliphatic heterocycles. The van der Waals surface area contributed by atoms with Gasteiger partial charge >= 0.3 is 105 Å². The Morgan fingerprint density at radius 1 is 0.185 bits per heavy atom. The molecule has 0 atom stereocenters. The third kappa shape index (κ3) is 23.3. The summed E-state index contributed by atoms with van der Waals surface area (Å²) in [6.45, 7) is 0. The first-order valence-electron chi connectivity index (χ1n) is 33.2. The Labute approximate surface area is 651 Å². The molecule has 14 aromatic carbocycles. The largest absolute Gasteiger partial charge is 1.00 e. The normalized spacial score (nSPS) is 12.8. The van der Waals surface area contributed by atoms with E-state index in [0.717, 1.165) is 31.8 Å². The summed E-state index contributed by atoms with van der Waals surface area (Å²) in [5.41, 5.74) is 0. The summed E-state index contributed by atoms with van der Waals surface area (Å²) in [6, 6.07) is 141. The Kier molecular flexibility index (Phi) is 27.3. The SMILES string of the molecule is F[P-](F)(F)(F)(F)F.F[P-](F)(F)(F)(F)F.O=P(c1ccccc1)(c1ccccc1[PH+](c1ccccc1)c1ccccc1)c1ccccc1[PH+](c1ccccc1)c1ccccc1.O=P(c1ccccc1)(c1ccccc1[PH+](c1ccccc1)c1ccccc1)c1ccccc1[PH+](c1ccccc1)c1ccccc1.[Au+].[Cu+]. The first-order valence-corrected chi connectivity index (χ1v) is 46.6. The van der Waals surface area contributed by atoms with Crippen molar-refractivity contribution in [3.63, 3.8) is 0 Å². The average Bonchev–Trinajstić information content (AvgIpc) is 0.731. The second kappa shape index (κ2) is 34.8. The van der Waals surface area contributed by atoms with Crippen LogP contribution in [0.3, 0.4) is 0 Å². The summed E-state index contributed by atoms with van der Waals surface area (Å²) in [5.74, 6) is 0. The molecule has 0 amide bonds. The molecule has 0 saturated heterocycles. The maximum atomic E-state index is 16.6. The van der Waals surface area contributed by atoms with Gasteiger partial charge in [-0.25, -0.2) is 0 Å². The van der Waals surface area contributed by atoms with Gasteiger partial charge in [0.1, 0.15) is 63.7 Å². The van der Waals surface area contributed by atoms with E-state index < -0.39 is 61.6 Å². The number of benzene rings is 14. The van der Waals surface area contributed by atoms with Crippen molar-refractivity contribution < 1.29 is 98.9 Å². The van der Waals surface area contributed by atoms with Crippen LogP contribution in [0.2, 0.25) is 0 Å². The maximum Gasteiger partial charge on any atom is 1.00 e. The van der Waals surface area contributed by atoms with Gasteiger partial charge in [-0.3, -0.25) is 0 Å². The molecule has 14 rings (SSSR count). The molecule has 0 radical (unpaired) electrons. The molecule has 0 bridgehead atoms. The fraction of sp³-hybridized carbons (Fsp3) is 0. The third-order valence-corrected chi connectivity index (χ3v) is 35.1. The molecule has 0 aromatic heterocycles. The molecule has 108 heavy (non-hydrogen) atoms. The Morgan fingerprint density at radius 2 is 0.296 bits per heavy atom. The minimum absolute atomic E-state index is 0. The van der Waals surface area contributed by atoms with Crippen molar-refractivity contribution in [3.05, 3.63) is 400 Å². The van der Waals surface area contributed by atoms with E-state index >= 15 is 9.13 Å². The summed E-state index contributed by atoms with van der Waals surface area (Å²) in [7, 11) is -34.1. The van der Waals surface area contributed by atoms with Crippen LogP contribution in [0.1, 0.15) is 0 Å². The standard InChI is InChI=1S/2C42H33OP3.Au.Cu.2F6P/c2*43-46(38-28-14-5-15-29-38,41-32-18-16-30-39(41)44(34-20-6-1-7-21-34)35-22-8-2-9-23-35)42-33-19-17-31-40(42)45(36-24-10-3-11-25-36)37-26-12-4-13-27-37;;;2*1-7(2,3,4,5)6/h2*1-33H;;;;/q;;2*+1;2*-1/p+4. The van der Waals surface area contributed by atoms with E-state index in [-0.39, 0.29) is 39.4 Å². The van der Waals surface area contributed by atoms with Gasteiger partial charge in [0.25, 0.3) is 0 Å². The summed E-state index contributed by atoms with van der Waals surface area (Å²) >= 11 is 0. The van der Waals surface area contributed by atoms with E-state index in [4.69, 9.17) is 0 Å². The van der Waals surface area contributed by atoms with Gasteiger partial charge in [-0.05, 0) is 146 Å². The summed E-state index contributed by atoms with van der Waals surface area (Å²) in [5, 5.41) is 20.3. The van der Waals surface area contributed by atoms with Crippen LogP contribution in [0.25, 0.3) is 0 Å². The molecular weight excluding hydrogens is 1780 g/mol. The molecule has 0 fully saturated rings. The van der Waals surface area contributed by atoms with Gasteiger partial charge in [0.2, 0.25) is 0 Å². The van der Waals surface area contributed by atoms with Crippen molar-refractivity contribution in [1.82, 2.24) is 0 Å². The zero-order valence-electron chi connectivity index (χ0n) is 56.8. The fourth-order valence-corrected chi connectivity index (χ4v) is 32.0. The van der Waals surface area contributed by atoms with E-state index in [2.05, 4.69) is 364 Å². The van der Waals surface area contributed by atoms with Gasteiger partial charge in [0.15, 0.2) is 14.3 Å². The molecule has 2 nitrogen and oxygen atoms in total. The van der Waals surface area contributed by atoms with Crippen molar-refractivity contribution in [2.24, 2.45) is 0 Å². The van der Waals surface area contributed by atoms with Crippen molar-refractivity contribution in [1.29, 1.82) is 0 Å². The van der Waals surface area contributed by atoms with Crippen molar-refractivity contribution in [2.75, 3.05) is 0 Å². The van der Waals surface area contributed by atoms with Crippen LogP contribution < -0.4 is 95.5 Å². The molecule has 0 heterocycles. The monoisotopic (exact) mass is 1850 g/mol. The quantitative estimate of drug-likeness (QED) is 0.0487. The Hall–Kier alpha value is -7.46. The van der Waals surface area contributed by atoms with Crippen LogP contribution in [-0.2, 0) is 48.6 Å². The van der Waals surface area contributed by atoms with E-state index in [0.29, 0.717) is 0 Å². The van der Waals surface area contributed by atoms with E-state index in [9.17, 15) is 50.4 Å². The maximum absolute atomic E-state index is 16.6. The summed E-state index contributed by atoms with van der Waals surface area (Å²) in [6.07, 6.45) is 0. The van der Waals surface area contributed by atoms with Crippen LogP contribution in [0.4, 0.5) is 50.4 Å². The number of rotatable bonds is 18. The Balaban J connectivity index is 0.000000208. The van der Waals surface area contributed by atoms with Crippen LogP contribution in [0, 0.1) is 0 Å². The molecule has 560 valence electrons. The smallest absolute Gasteiger partial charge is 0.308 e. The average molecular weight is 1850 g/mol. The molecule has 0 spiro atoms. The van der Waals surface area contributed by atoms with Gasteiger partial charge in [0, 0.05) is 10.6 Å². The second-order valence-corrected chi connectivity index (χ2v) is 43.3. The van der Waals surface area contributed by atoms with E-state index in [1.807, 2.05) is 36.4 Å². The third-order valence-electron chi connectivity index (χ3n) is 16.8. The number of hydrogen-bond acceptors (Lipinski definition) is 2. The van der Waals surface area contributed by atoms with Crippen molar-refractivity contribution in [3.8, 4) is 0 Å². The molecule has 24 heteroatoms. The first-order chi connectivity index (χ1) is 50.4. The Bertz CT molecular complexity index is 4540. The van der Waals surface area contributed by atoms with E-state index in [1.54, 1.807) is 0 Å². The van der Waals surface area contributed by atoms with E-state index in [1.165, 1.54) is 63.7 Å². The zero-order valence-corrected chi connectivity index (χ0v) is 67.5. The number of hydrogen-bond donors (Lipinski definition) is 0. The molecule has 0 aliphatic rings. The molecule has 0 aliphatic carbocycles. The molecule has 0 saturated carbocycles. The predicted molar refractivity (Wildman–Crippen MR) is 439 cm³/mol. The topological polar surface area (TPSA) is 34.1 Å². The van der Waals surface area contributed by atoms with Crippen LogP contribution in [-0.4, -0.2) is 0 Å². The number of halogens is 12.